The second-order valence-corrected chi connectivity index (χ2v) is 6.85. The summed E-state index contributed by atoms with van der Waals surface area (Å²) in [5.74, 6) is -1.15. The lowest BCUT2D eigenvalue weighted by molar-refractivity contribution is -0.131. The van der Waals surface area contributed by atoms with E-state index in [1.165, 1.54) is 10.6 Å². The minimum Gasteiger partial charge on any atom is -0.478 e. The van der Waals surface area contributed by atoms with Gasteiger partial charge >= 0.3 is 5.97 Å². The molecule has 0 spiro atoms. The quantitative estimate of drug-likeness (QED) is 0.677. The second kappa shape index (κ2) is 6.61. The van der Waals surface area contributed by atoms with Gasteiger partial charge in [-0.05, 0) is 12.1 Å². The standard InChI is InChI=1S/C20H15ClN4O3/c1-24-10-15-13(7-17(24)26)16(8-18(27)28)23-19(11-3-5-12(21)6-4-11)20-14(15)9-22-25(20)2/h3-10H,1-2H3,(H,27,28)/b16-8-. The molecule has 2 aromatic heterocycles. The van der Waals surface area contributed by atoms with Crippen LogP contribution in [0, 0.1) is 0 Å². The number of benzene rings is 1. The Kier molecular flexibility index (Phi) is 4.24. The van der Waals surface area contributed by atoms with E-state index in [0.29, 0.717) is 21.9 Å². The van der Waals surface area contributed by atoms with E-state index in [9.17, 15) is 14.7 Å². The third-order valence-corrected chi connectivity index (χ3v) is 4.82. The number of fused-ring (bicyclic) bond motifs is 3. The maximum absolute atomic E-state index is 12.2. The molecule has 0 radical (unpaired) electrons. The Morgan fingerprint density at radius 2 is 1.86 bits per heavy atom. The predicted molar refractivity (Wildman–Crippen MR) is 107 cm³/mol. The van der Waals surface area contributed by atoms with Gasteiger partial charge in [0.25, 0.3) is 5.56 Å². The van der Waals surface area contributed by atoms with E-state index < -0.39 is 5.97 Å². The molecular weight excluding hydrogens is 380 g/mol. The third-order valence-electron chi connectivity index (χ3n) is 4.57. The van der Waals surface area contributed by atoms with Crippen molar-refractivity contribution in [3.8, 4) is 11.1 Å². The molecule has 0 unspecified atom stereocenters. The normalized spacial score (nSPS) is 14.2. The molecule has 1 aliphatic heterocycles. The minimum absolute atomic E-state index is 0.196. The van der Waals surface area contributed by atoms with Gasteiger partial charge in [-0.25, -0.2) is 9.79 Å². The molecule has 0 amide bonds. The predicted octanol–water partition coefficient (Wildman–Crippen LogP) is 2.72. The van der Waals surface area contributed by atoms with Crippen molar-refractivity contribution >= 4 is 29.0 Å². The Balaban J connectivity index is 2.11. The van der Waals surface area contributed by atoms with E-state index in [1.807, 2.05) is 12.1 Å². The lowest BCUT2D eigenvalue weighted by Crippen LogP contribution is -2.16. The highest BCUT2D eigenvalue weighted by Gasteiger charge is 2.26. The monoisotopic (exact) mass is 394 g/mol. The first-order chi connectivity index (χ1) is 13.3. The molecule has 8 heteroatoms. The average molecular weight is 395 g/mol. The number of hydrogen-bond acceptors (Lipinski definition) is 4. The van der Waals surface area contributed by atoms with Crippen LogP contribution in [0.25, 0.3) is 16.8 Å². The van der Waals surface area contributed by atoms with Gasteiger partial charge in [0, 0.05) is 59.7 Å². The van der Waals surface area contributed by atoms with Gasteiger partial charge in [0.15, 0.2) is 0 Å². The lowest BCUT2D eigenvalue weighted by atomic mass is 9.98. The van der Waals surface area contributed by atoms with Crippen molar-refractivity contribution in [2.45, 2.75) is 0 Å². The number of halogens is 1. The summed E-state index contributed by atoms with van der Waals surface area (Å²) < 4.78 is 3.13. The molecule has 1 aromatic carbocycles. The van der Waals surface area contributed by atoms with Gasteiger partial charge in [-0.2, -0.15) is 5.10 Å². The summed E-state index contributed by atoms with van der Waals surface area (Å²) in [5, 5.41) is 14.3. The number of nitrogens with zero attached hydrogens (tertiary/aromatic N) is 4. The molecule has 1 N–H and O–H groups in total. The van der Waals surface area contributed by atoms with Gasteiger partial charge in [-0.15, -0.1) is 0 Å². The number of carboxylic acids is 1. The molecule has 0 atom stereocenters. The molecule has 4 rings (SSSR count). The van der Waals surface area contributed by atoms with E-state index in [0.717, 1.165) is 22.9 Å². The van der Waals surface area contributed by atoms with Crippen LogP contribution in [0.5, 0.6) is 0 Å². The van der Waals surface area contributed by atoms with Crippen molar-refractivity contribution in [3.05, 3.63) is 81.0 Å². The molecule has 1 aliphatic rings. The second-order valence-electron chi connectivity index (χ2n) is 6.42. The third kappa shape index (κ3) is 2.95. The van der Waals surface area contributed by atoms with Crippen molar-refractivity contribution in [1.82, 2.24) is 14.3 Å². The maximum Gasteiger partial charge on any atom is 0.330 e. The summed E-state index contributed by atoms with van der Waals surface area (Å²) in [6, 6.07) is 8.50. The number of aromatic nitrogens is 3. The Labute approximate surface area is 164 Å². The Hall–Kier alpha value is -3.45. The first kappa shape index (κ1) is 17.9. The van der Waals surface area contributed by atoms with Crippen molar-refractivity contribution in [2.24, 2.45) is 19.1 Å². The van der Waals surface area contributed by atoms with Crippen LogP contribution < -0.4 is 5.56 Å². The molecule has 140 valence electrons. The number of hydrogen-bond donors (Lipinski definition) is 1. The van der Waals surface area contributed by atoms with E-state index in [-0.39, 0.29) is 11.3 Å². The molecule has 28 heavy (non-hydrogen) atoms. The van der Waals surface area contributed by atoms with E-state index in [1.54, 1.807) is 43.3 Å². The van der Waals surface area contributed by atoms with Crippen LogP contribution in [0.3, 0.4) is 0 Å². The van der Waals surface area contributed by atoms with Crippen LogP contribution in [-0.4, -0.2) is 31.1 Å². The van der Waals surface area contributed by atoms with Crippen molar-refractivity contribution < 1.29 is 9.90 Å². The largest absolute Gasteiger partial charge is 0.478 e. The SMILES string of the molecule is Cn1ncc2c1C(c1ccc(Cl)cc1)=N/C(=C\C(=O)O)c1cc(=O)n(C)cc1-2. The van der Waals surface area contributed by atoms with Gasteiger partial charge in [0.2, 0.25) is 0 Å². The number of pyridine rings is 1. The molecule has 0 aliphatic carbocycles. The van der Waals surface area contributed by atoms with Crippen LogP contribution in [0.4, 0.5) is 0 Å². The summed E-state index contributed by atoms with van der Waals surface area (Å²) in [7, 11) is 3.43. The number of carbonyl (C=O) groups is 1. The van der Waals surface area contributed by atoms with Crippen molar-refractivity contribution in [1.29, 1.82) is 0 Å². The fourth-order valence-electron chi connectivity index (χ4n) is 3.24. The highest BCUT2D eigenvalue weighted by molar-refractivity contribution is 6.30. The zero-order valence-electron chi connectivity index (χ0n) is 15.0. The summed E-state index contributed by atoms with van der Waals surface area (Å²) in [5.41, 5.74) is 3.85. The van der Waals surface area contributed by atoms with Gasteiger partial charge in [0.05, 0.1) is 23.3 Å². The van der Waals surface area contributed by atoms with E-state index >= 15 is 0 Å². The average Bonchev–Trinajstić information content (AvgIpc) is 2.96. The van der Waals surface area contributed by atoms with Crippen molar-refractivity contribution in [3.63, 3.8) is 0 Å². The smallest absolute Gasteiger partial charge is 0.330 e. The van der Waals surface area contributed by atoms with Gasteiger partial charge < -0.3 is 9.67 Å². The Morgan fingerprint density at radius 3 is 2.54 bits per heavy atom. The van der Waals surface area contributed by atoms with E-state index in [4.69, 9.17) is 11.6 Å². The van der Waals surface area contributed by atoms with Crippen LogP contribution in [-0.2, 0) is 18.9 Å². The van der Waals surface area contributed by atoms with Crippen LogP contribution in [0.1, 0.15) is 16.8 Å². The maximum atomic E-state index is 12.2. The van der Waals surface area contributed by atoms with Crippen LogP contribution >= 0.6 is 11.6 Å². The van der Waals surface area contributed by atoms with Gasteiger partial charge in [0.1, 0.15) is 0 Å². The van der Waals surface area contributed by atoms with E-state index in [2.05, 4.69) is 10.1 Å². The van der Waals surface area contributed by atoms with Gasteiger partial charge in [-0.1, -0.05) is 23.7 Å². The van der Waals surface area contributed by atoms with Crippen molar-refractivity contribution in [2.75, 3.05) is 0 Å². The number of aryl methyl sites for hydroxylation is 2. The zero-order chi connectivity index (χ0) is 20.0. The molecule has 0 saturated heterocycles. The fourth-order valence-corrected chi connectivity index (χ4v) is 3.37. The molecule has 0 saturated carbocycles. The minimum atomic E-state index is -1.15. The highest BCUT2D eigenvalue weighted by atomic mass is 35.5. The molecule has 3 aromatic rings. The number of aliphatic carboxylic acids is 1. The van der Waals surface area contributed by atoms with Gasteiger partial charge in [-0.3, -0.25) is 9.48 Å². The first-order valence-corrected chi connectivity index (χ1v) is 8.76. The molecule has 3 heterocycles. The molecular formula is C20H15ClN4O3. The first-order valence-electron chi connectivity index (χ1n) is 8.38. The summed E-state index contributed by atoms with van der Waals surface area (Å²) in [6.07, 6.45) is 4.37. The topological polar surface area (TPSA) is 89.5 Å². The number of rotatable bonds is 2. The highest BCUT2D eigenvalue weighted by Crippen LogP contribution is 2.36. The molecule has 0 bridgehead atoms. The Bertz CT molecular complexity index is 1230. The molecule has 7 nitrogen and oxygen atoms in total. The van der Waals surface area contributed by atoms with Crippen LogP contribution in [0.15, 0.2) is 58.6 Å². The summed E-state index contributed by atoms with van der Waals surface area (Å²) in [4.78, 5) is 28.3. The zero-order valence-corrected chi connectivity index (χ0v) is 15.8. The number of aliphatic imine (C=N–C) groups is 1. The summed E-state index contributed by atoms with van der Waals surface area (Å²) in [6.45, 7) is 0. The summed E-state index contributed by atoms with van der Waals surface area (Å²) >= 11 is 6.01. The molecule has 0 fully saturated rings. The Morgan fingerprint density at radius 1 is 1.14 bits per heavy atom. The number of carboxylic acid groups (broad SMARTS) is 1. The lowest BCUT2D eigenvalue weighted by Gasteiger charge is -2.09. The van der Waals surface area contributed by atoms with Crippen LogP contribution in [0.2, 0.25) is 5.02 Å². The fraction of sp³-hybridized carbons (Fsp3) is 0.100.